The normalized spacial score (nSPS) is 10.9. The average Bonchev–Trinajstić information content (AvgIpc) is 2.18. The molecule has 0 aliphatic rings. The number of hydrogen-bond acceptors (Lipinski definition) is 3. The third-order valence-electron chi connectivity index (χ3n) is 1.76. The Bertz CT molecular complexity index is 407. The van der Waals surface area contributed by atoms with E-state index in [0.717, 1.165) is 6.08 Å². The number of carboxylic acid groups (broad SMARTS) is 1. The van der Waals surface area contributed by atoms with Gasteiger partial charge in [-0.2, -0.15) is 0 Å². The van der Waals surface area contributed by atoms with Crippen LogP contribution in [0.1, 0.15) is 19.4 Å². The minimum atomic E-state index is -1.01. The highest BCUT2D eigenvalue weighted by molar-refractivity contribution is 5.85. The molecule has 86 valence electrons. The number of aliphatic carboxylic acids is 1. The number of carbonyl (C=O) groups is 1. The fraction of sp³-hybridized carbons (Fsp3) is 0.250. The van der Waals surface area contributed by atoms with E-state index in [1.807, 2.05) is 13.8 Å². The van der Waals surface area contributed by atoms with Crippen LogP contribution in [0.5, 0.6) is 11.5 Å². The van der Waals surface area contributed by atoms with Crippen molar-refractivity contribution in [2.75, 3.05) is 0 Å². The Morgan fingerprint density at radius 1 is 1.44 bits per heavy atom. The predicted octanol–water partition coefficient (Wildman–Crippen LogP) is 2.28. The van der Waals surface area contributed by atoms with Gasteiger partial charge in [0.2, 0.25) is 0 Å². The molecule has 0 aliphatic heterocycles. The highest BCUT2D eigenvalue weighted by Gasteiger charge is 2.04. The van der Waals surface area contributed by atoms with Gasteiger partial charge in [0.25, 0.3) is 0 Å². The first-order valence-corrected chi connectivity index (χ1v) is 4.89. The molecule has 2 N–H and O–H groups in total. The molecule has 0 saturated carbocycles. The molecular formula is C12H14O4. The first-order valence-electron chi connectivity index (χ1n) is 4.89. The molecule has 0 unspecified atom stereocenters. The fourth-order valence-corrected chi connectivity index (χ4v) is 1.15. The summed E-state index contributed by atoms with van der Waals surface area (Å²) in [6, 6.07) is 4.68. The number of hydrogen-bond donors (Lipinski definition) is 2. The summed E-state index contributed by atoms with van der Waals surface area (Å²) in [5, 5.41) is 18.0. The lowest BCUT2D eigenvalue weighted by molar-refractivity contribution is -0.131. The Morgan fingerprint density at radius 2 is 2.12 bits per heavy atom. The predicted molar refractivity (Wildman–Crippen MR) is 60.5 cm³/mol. The molecular weight excluding hydrogens is 208 g/mol. The molecule has 0 heterocycles. The van der Waals surface area contributed by atoms with Gasteiger partial charge >= 0.3 is 5.97 Å². The van der Waals surface area contributed by atoms with Crippen LogP contribution in [-0.4, -0.2) is 22.3 Å². The average molecular weight is 222 g/mol. The van der Waals surface area contributed by atoms with Gasteiger partial charge in [-0.3, -0.25) is 0 Å². The molecule has 16 heavy (non-hydrogen) atoms. The molecule has 0 aliphatic carbocycles. The first kappa shape index (κ1) is 12.1. The van der Waals surface area contributed by atoms with Crippen LogP contribution in [0.4, 0.5) is 0 Å². The second kappa shape index (κ2) is 5.21. The van der Waals surface area contributed by atoms with Crippen LogP contribution in [0.2, 0.25) is 0 Å². The van der Waals surface area contributed by atoms with Crippen LogP contribution in [0.3, 0.4) is 0 Å². The van der Waals surface area contributed by atoms with E-state index in [1.165, 1.54) is 12.1 Å². The third-order valence-corrected chi connectivity index (χ3v) is 1.76. The lowest BCUT2D eigenvalue weighted by atomic mass is 10.2. The van der Waals surface area contributed by atoms with Crippen molar-refractivity contribution in [1.82, 2.24) is 0 Å². The number of phenolic OH excluding ortho intramolecular Hbond substituents is 1. The molecule has 0 saturated heterocycles. The van der Waals surface area contributed by atoms with E-state index >= 15 is 0 Å². The van der Waals surface area contributed by atoms with E-state index < -0.39 is 5.97 Å². The largest absolute Gasteiger partial charge is 0.504 e. The fourth-order valence-electron chi connectivity index (χ4n) is 1.15. The molecule has 0 fully saturated rings. The van der Waals surface area contributed by atoms with Crippen molar-refractivity contribution in [2.45, 2.75) is 20.0 Å². The van der Waals surface area contributed by atoms with Gasteiger partial charge in [0.05, 0.1) is 6.10 Å². The Hall–Kier alpha value is -1.97. The zero-order valence-electron chi connectivity index (χ0n) is 9.18. The highest BCUT2D eigenvalue weighted by atomic mass is 16.5. The number of carboxylic acids is 1. The minimum Gasteiger partial charge on any atom is -0.504 e. The van der Waals surface area contributed by atoms with Gasteiger partial charge in [-0.25, -0.2) is 4.79 Å². The van der Waals surface area contributed by atoms with Gasteiger partial charge in [-0.15, -0.1) is 0 Å². The van der Waals surface area contributed by atoms with Crippen LogP contribution in [0.15, 0.2) is 24.3 Å². The standard InChI is InChI=1S/C12H14O4/c1-8(2)16-11-7-9(3-5-10(11)13)4-6-12(14)15/h3-8,13H,1-2H3,(H,14,15). The van der Waals surface area contributed by atoms with Crippen molar-refractivity contribution in [2.24, 2.45) is 0 Å². The summed E-state index contributed by atoms with van der Waals surface area (Å²) in [6.45, 7) is 3.69. The molecule has 1 rings (SSSR count). The van der Waals surface area contributed by atoms with Gasteiger partial charge in [-0.05, 0) is 37.6 Å². The summed E-state index contributed by atoms with van der Waals surface area (Å²) in [5.41, 5.74) is 0.663. The van der Waals surface area contributed by atoms with Gasteiger partial charge in [0, 0.05) is 6.08 Å². The number of aromatic hydroxyl groups is 1. The second-order valence-electron chi connectivity index (χ2n) is 3.57. The van der Waals surface area contributed by atoms with E-state index in [4.69, 9.17) is 9.84 Å². The molecule has 1 aromatic rings. The Morgan fingerprint density at radius 3 is 2.69 bits per heavy atom. The van der Waals surface area contributed by atoms with Crippen molar-refractivity contribution in [3.05, 3.63) is 29.8 Å². The topological polar surface area (TPSA) is 66.8 Å². The number of phenols is 1. The van der Waals surface area contributed by atoms with Crippen molar-refractivity contribution >= 4 is 12.0 Å². The molecule has 0 atom stereocenters. The van der Waals surface area contributed by atoms with Crippen LogP contribution in [0, 0.1) is 0 Å². The summed E-state index contributed by atoms with van der Waals surface area (Å²) >= 11 is 0. The lowest BCUT2D eigenvalue weighted by Gasteiger charge is -2.11. The monoisotopic (exact) mass is 222 g/mol. The summed E-state index contributed by atoms with van der Waals surface area (Å²) in [6.07, 6.45) is 2.42. The van der Waals surface area contributed by atoms with E-state index in [-0.39, 0.29) is 11.9 Å². The minimum absolute atomic E-state index is 0.0428. The second-order valence-corrected chi connectivity index (χ2v) is 3.57. The van der Waals surface area contributed by atoms with E-state index in [1.54, 1.807) is 12.1 Å². The summed E-state index contributed by atoms with van der Waals surface area (Å²) < 4.78 is 5.36. The molecule has 4 nitrogen and oxygen atoms in total. The number of rotatable bonds is 4. The Balaban J connectivity index is 2.93. The van der Waals surface area contributed by atoms with Crippen molar-refractivity contribution in [3.63, 3.8) is 0 Å². The molecule has 0 bridgehead atoms. The van der Waals surface area contributed by atoms with Crippen molar-refractivity contribution in [3.8, 4) is 11.5 Å². The SMILES string of the molecule is CC(C)Oc1cc(C=CC(=O)O)ccc1O. The Labute approximate surface area is 93.8 Å². The number of ether oxygens (including phenoxy) is 1. The molecule has 4 heteroatoms. The van der Waals surface area contributed by atoms with E-state index in [0.29, 0.717) is 11.3 Å². The van der Waals surface area contributed by atoms with Crippen LogP contribution >= 0.6 is 0 Å². The maximum Gasteiger partial charge on any atom is 0.328 e. The van der Waals surface area contributed by atoms with Gasteiger partial charge in [0.15, 0.2) is 11.5 Å². The highest BCUT2D eigenvalue weighted by Crippen LogP contribution is 2.28. The molecule has 0 amide bonds. The molecule has 0 aromatic heterocycles. The maximum atomic E-state index is 10.3. The van der Waals surface area contributed by atoms with E-state index in [2.05, 4.69) is 0 Å². The van der Waals surface area contributed by atoms with Gasteiger partial charge < -0.3 is 14.9 Å². The zero-order valence-corrected chi connectivity index (χ0v) is 9.18. The molecule has 1 aromatic carbocycles. The quantitative estimate of drug-likeness (QED) is 0.767. The number of benzene rings is 1. The summed E-state index contributed by atoms with van der Waals surface area (Å²) in [4.78, 5) is 10.3. The van der Waals surface area contributed by atoms with Crippen LogP contribution in [0.25, 0.3) is 6.08 Å². The van der Waals surface area contributed by atoms with Crippen molar-refractivity contribution < 1.29 is 19.7 Å². The smallest absolute Gasteiger partial charge is 0.328 e. The summed E-state index contributed by atoms with van der Waals surface area (Å²) in [5.74, 6) is -0.622. The maximum absolute atomic E-state index is 10.3. The molecule has 0 spiro atoms. The third kappa shape index (κ3) is 3.65. The van der Waals surface area contributed by atoms with Gasteiger partial charge in [0.1, 0.15) is 0 Å². The van der Waals surface area contributed by atoms with Crippen LogP contribution in [-0.2, 0) is 4.79 Å². The lowest BCUT2D eigenvalue weighted by Crippen LogP contribution is -2.05. The first-order chi connectivity index (χ1) is 7.49. The zero-order chi connectivity index (χ0) is 12.1. The van der Waals surface area contributed by atoms with Crippen molar-refractivity contribution in [1.29, 1.82) is 0 Å². The molecule has 0 radical (unpaired) electrons. The van der Waals surface area contributed by atoms with Gasteiger partial charge in [-0.1, -0.05) is 6.07 Å². The Kier molecular flexibility index (Phi) is 3.94. The van der Waals surface area contributed by atoms with Crippen LogP contribution < -0.4 is 4.74 Å². The van der Waals surface area contributed by atoms with E-state index in [9.17, 15) is 9.90 Å². The summed E-state index contributed by atoms with van der Waals surface area (Å²) in [7, 11) is 0.